The van der Waals surface area contributed by atoms with Crippen molar-refractivity contribution in [2.75, 3.05) is 7.05 Å². The van der Waals surface area contributed by atoms with Crippen LogP contribution in [0.15, 0.2) is 105 Å². The maximum atomic E-state index is 4.50. The Morgan fingerprint density at radius 3 is 1.69 bits per heavy atom. The molecule has 0 aliphatic carbocycles. The Labute approximate surface area is 300 Å². The quantitative estimate of drug-likeness (QED) is 0.136. The molecule has 0 aromatic heterocycles. The Balaban J connectivity index is -0.000000633. The molecule has 1 heteroatoms. The number of rotatable bonds is 14. The van der Waals surface area contributed by atoms with E-state index in [1.807, 2.05) is 0 Å². The van der Waals surface area contributed by atoms with Gasteiger partial charge in [0, 0.05) is 0 Å². The average molecular weight is 656 g/mol. The van der Waals surface area contributed by atoms with Crippen molar-refractivity contribution >= 4 is 5.57 Å². The zero-order valence-electron chi connectivity index (χ0n) is 33.4. The fraction of sp³-hybridized carbons (Fsp3) is 0.489. The number of benzene rings is 3. The summed E-state index contributed by atoms with van der Waals surface area (Å²) in [6, 6.07) is 26.2. The summed E-state index contributed by atoms with van der Waals surface area (Å²) in [5.41, 5.74) is 15.5. The van der Waals surface area contributed by atoms with Gasteiger partial charge in [-0.3, -0.25) is 0 Å². The topological polar surface area (TPSA) is 26.0 Å². The van der Waals surface area contributed by atoms with Crippen LogP contribution in [0.4, 0.5) is 0 Å². The van der Waals surface area contributed by atoms with Crippen LogP contribution >= 0.6 is 0 Å². The fourth-order valence-electron chi connectivity index (χ4n) is 4.84. The standard InChI is InChI=1S/C21H26.C12H18.C7H14.C4H10.C2H4.CH5N/c1-4-5-7-10-17(2)20-14-13-18(3)21(16-20)15-19-11-8-6-9-12-19;1-4-7-10(2)12-9-6-5-8-11(12)3;1-4-5-6-7(2)3;1-3-4-2;2*1-2/h6,8-9,11-14,16H,2,4-5,7,10,15H2,1,3H3;5-6,8-10H,4,7H2,1-3H3;2,4-6H2,1,3H3;3-4H2,1-2H3;1-2H2;2H2,1H3. The van der Waals surface area contributed by atoms with Gasteiger partial charge in [-0.1, -0.05) is 165 Å². The van der Waals surface area contributed by atoms with E-state index in [0.717, 1.165) is 18.8 Å². The Kier molecular flexibility index (Phi) is 36.1. The van der Waals surface area contributed by atoms with Gasteiger partial charge in [-0.05, 0) is 111 Å². The van der Waals surface area contributed by atoms with Crippen LogP contribution in [0.25, 0.3) is 5.57 Å². The third kappa shape index (κ3) is 25.9. The molecule has 3 aromatic carbocycles. The van der Waals surface area contributed by atoms with E-state index < -0.39 is 0 Å². The lowest BCUT2D eigenvalue weighted by Crippen LogP contribution is -1.95. The highest BCUT2D eigenvalue weighted by molar-refractivity contribution is 5.64. The van der Waals surface area contributed by atoms with Crippen molar-refractivity contribution < 1.29 is 0 Å². The predicted molar refractivity (Wildman–Crippen MR) is 224 cm³/mol. The van der Waals surface area contributed by atoms with Crippen LogP contribution in [0.5, 0.6) is 0 Å². The van der Waals surface area contributed by atoms with E-state index in [9.17, 15) is 0 Å². The van der Waals surface area contributed by atoms with Gasteiger partial charge in [0.15, 0.2) is 0 Å². The van der Waals surface area contributed by atoms with E-state index >= 15 is 0 Å². The minimum atomic E-state index is 0.719. The van der Waals surface area contributed by atoms with E-state index in [1.165, 1.54) is 116 Å². The lowest BCUT2D eigenvalue weighted by Gasteiger charge is -2.12. The molecule has 0 fully saturated rings. The number of hydrogen-bond acceptors (Lipinski definition) is 1. The normalized spacial score (nSPS) is 9.98. The predicted octanol–water partition coefficient (Wildman–Crippen LogP) is 15.0. The highest BCUT2D eigenvalue weighted by Crippen LogP contribution is 2.24. The van der Waals surface area contributed by atoms with Crippen LogP contribution in [-0.2, 0) is 6.42 Å². The summed E-state index contributed by atoms with van der Waals surface area (Å²) in [6.45, 7) is 33.9. The molecule has 0 spiro atoms. The first-order valence-corrected chi connectivity index (χ1v) is 18.7. The zero-order chi connectivity index (χ0) is 37.2. The van der Waals surface area contributed by atoms with Gasteiger partial charge in [-0.25, -0.2) is 0 Å². The number of allylic oxidation sites excluding steroid dienone is 2. The molecule has 1 atom stereocenters. The third-order valence-electron chi connectivity index (χ3n) is 7.98. The number of nitrogens with two attached hydrogens (primary N) is 1. The number of aryl methyl sites for hydroxylation is 2. The van der Waals surface area contributed by atoms with Gasteiger partial charge in [-0.2, -0.15) is 0 Å². The first kappa shape index (κ1) is 49.2. The summed E-state index contributed by atoms with van der Waals surface area (Å²) in [6.07, 6.45) is 14.9. The molecule has 0 bridgehead atoms. The minimum absolute atomic E-state index is 0.719. The summed E-state index contributed by atoms with van der Waals surface area (Å²) in [4.78, 5) is 0. The van der Waals surface area contributed by atoms with E-state index in [2.05, 4.69) is 167 Å². The van der Waals surface area contributed by atoms with Gasteiger partial charge in [0.25, 0.3) is 0 Å². The summed E-state index contributed by atoms with van der Waals surface area (Å²) >= 11 is 0. The first-order valence-electron chi connectivity index (χ1n) is 18.7. The van der Waals surface area contributed by atoms with Gasteiger partial charge in [0.05, 0.1) is 0 Å². The van der Waals surface area contributed by atoms with Crippen LogP contribution in [0.3, 0.4) is 0 Å². The Morgan fingerprint density at radius 2 is 1.21 bits per heavy atom. The largest absolute Gasteiger partial charge is 0.333 e. The van der Waals surface area contributed by atoms with Crippen LogP contribution in [-0.4, -0.2) is 7.05 Å². The van der Waals surface area contributed by atoms with Crippen LogP contribution in [0.1, 0.15) is 158 Å². The smallest absolute Gasteiger partial charge is 0.00229 e. The lowest BCUT2D eigenvalue weighted by atomic mass is 9.93. The van der Waals surface area contributed by atoms with Gasteiger partial charge in [0.1, 0.15) is 0 Å². The molecular weight excluding hydrogens is 579 g/mol. The summed E-state index contributed by atoms with van der Waals surface area (Å²) < 4.78 is 0. The molecule has 3 rings (SSSR count). The average Bonchev–Trinajstić information content (AvgIpc) is 3.11. The van der Waals surface area contributed by atoms with Crippen molar-refractivity contribution in [3.63, 3.8) is 0 Å². The molecule has 0 amide bonds. The van der Waals surface area contributed by atoms with Crippen molar-refractivity contribution in [3.05, 3.63) is 138 Å². The Bertz CT molecular complexity index is 1150. The van der Waals surface area contributed by atoms with Crippen molar-refractivity contribution in [1.29, 1.82) is 0 Å². The van der Waals surface area contributed by atoms with Crippen LogP contribution in [0, 0.1) is 13.8 Å². The van der Waals surface area contributed by atoms with Gasteiger partial charge < -0.3 is 5.73 Å². The molecule has 270 valence electrons. The molecule has 2 N–H and O–H groups in total. The van der Waals surface area contributed by atoms with E-state index in [-0.39, 0.29) is 0 Å². The van der Waals surface area contributed by atoms with E-state index in [0.29, 0.717) is 0 Å². The van der Waals surface area contributed by atoms with E-state index in [4.69, 9.17) is 0 Å². The molecule has 0 aliphatic rings. The highest BCUT2D eigenvalue weighted by atomic mass is 14.4. The molecule has 0 saturated heterocycles. The van der Waals surface area contributed by atoms with Gasteiger partial charge in [-0.15, -0.1) is 19.7 Å². The monoisotopic (exact) mass is 656 g/mol. The molecule has 0 radical (unpaired) electrons. The van der Waals surface area contributed by atoms with Crippen molar-refractivity contribution in [3.8, 4) is 0 Å². The Morgan fingerprint density at radius 1 is 0.646 bits per heavy atom. The number of unbranched alkanes of at least 4 members (excludes halogenated alkanes) is 4. The van der Waals surface area contributed by atoms with Gasteiger partial charge in [0.2, 0.25) is 0 Å². The molecule has 1 unspecified atom stereocenters. The molecule has 0 aliphatic heterocycles. The van der Waals surface area contributed by atoms with E-state index in [1.54, 1.807) is 0 Å². The SMILES string of the molecule is C=C.C=C(C)CCCC.C=C(CCCCC)c1ccc(C)c(Cc2ccccc2)c1.CCCC.CCCC(C)c1ccccc1C.CN. The zero-order valence-corrected chi connectivity index (χ0v) is 33.4. The fourth-order valence-corrected chi connectivity index (χ4v) is 4.84. The maximum Gasteiger partial charge on any atom is -0.00229 e. The highest BCUT2D eigenvalue weighted by Gasteiger charge is 2.06. The summed E-state index contributed by atoms with van der Waals surface area (Å²) in [5, 5.41) is 0. The maximum absolute atomic E-state index is 4.50. The lowest BCUT2D eigenvalue weighted by molar-refractivity contribution is 0.661. The number of hydrogen-bond donors (Lipinski definition) is 1. The molecule has 0 saturated carbocycles. The van der Waals surface area contributed by atoms with Crippen LogP contribution < -0.4 is 5.73 Å². The minimum Gasteiger partial charge on any atom is -0.333 e. The third-order valence-corrected chi connectivity index (χ3v) is 7.98. The van der Waals surface area contributed by atoms with Crippen molar-refractivity contribution in [2.24, 2.45) is 5.73 Å². The summed E-state index contributed by atoms with van der Waals surface area (Å²) in [5.74, 6) is 0.719. The first-order chi connectivity index (χ1) is 23.1. The molecule has 48 heavy (non-hydrogen) atoms. The summed E-state index contributed by atoms with van der Waals surface area (Å²) in [7, 11) is 1.50. The second-order valence-electron chi connectivity index (χ2n) is 12.5. The molecular formula is C47H77N. The molecule has 3 aromatic rings. The second kappa shape index (κ2) is 35.2. The molecule has 1 nitrogen and oxygen atoms in total. The van der Waals surface area contributed by atoms with Crippen LogP contribution in [0.2, 0.25) is 0 Å². The Hall–Kier alpha value is -3.16. The van der Waals surface area contributed by atoms with Gasteiger partial charge >= 0.3 is 0 Å². The molecule has 0 heterocycles. The van der Waals surface area contributed by atoms with Crippen molar-refractivity contribution in [2.45, 2.75) is 145 Å². The van der Waals surface area contributed by atoms with Crippen molar-refractivity contribution in [1.82, 2.24) is 0 Å². The second-order valence-corrected chi connectivity index (χ2v) is 12.5.